The van der Waals surface area contributed by atoms with Crippen LogP contribution in [0, 0.1) is 5.92 Å². The van der Waals surface area contributed by atoms with Crippen LogP contribution in [-0.2, 0) is 4.79 Å². The lowest BCUT2D eigenvalue weighted by atomic mass is 9.84. The van der Waals surface area contributed by atoms with E-state index in [1.54, 1.807) is 0 Å². The fraction of sp³-hybridized carbons (Fsp3) is 0.917. The maximum Gasteiger partial charge on any atom is 0.240 e. The Morgan fingerprint density at radius 2 is 1.87 bits per heavy atom. The third-order valence-electron chi connectivity index (χ3n) is 3.96. The molecular formula is C12H22N2O. The minimum Gasteiger partial charge on any atom is -0.323 e. The molecule has 4 unspecified atom stereocenters. The highest BCUT2D eigenvalue weighted by molar-refractivity contribution is 5.84. The Bertz CT molecular complexity index is 254. The monoisotopic (exact) mass is 210 g/mol. The van der Waals surface area contributed by atoms with Gasteiger partial charge >= 0.3 is 0 Å². The van der Waals surface area contributed by atoms with Crippen molar-refractivity contribution in [3.05, 3.63) is 0 Å². The standard InChI is InChI=1S/C12H22N2O/c1-8-6-4-5-7-11(8)14-10(3)13-9(2)12(14)15/h8-11,13H,4-7H2,1-3H3. The summed E-state index contributed by atoms with van der Waals surface area (Å²) in [5, 5.41) is 3.31. The van der Waals surface area contributed by atoms with Gasteiger partial charge in [0.05, 0.1) is 12.2 Å². The maximum absolute atomic E-state index is 12.0. The molecule has 0 spiro atoms. The summed E-state index contributed by atoms with van der Waals surface area (Å²) in [6.45, 7) is 6.35. The SMILES string of the molecule is CC1NC(C)N(C2CCCCC2C)C1=O. The Balaban J connectivity index is 2.11. The molecule has 4 atom stereocenters. The van der Waals surface area contributed by atoms with Gasteiger partial charge in [-0.2, -0.15) is 0 Å². The predicted octanol–water partition coefficient (Wildman–Crippen LogP) is 1.73. The fourth-order valence-electron chi connectivity index (χ4n) is 3.09. The number of amides is 1. The summed E-state index contributed by atoms with van der Waals surface area (Å²) in [4.78, 5) is 14.1. The third kappa shape index (κ3) is 1.89. The zero-order valence-corrected chi connectivity index (χ0v) is 9.99. The summed E-state index contributed by atoms with van der Waals surface area (Å²) in [5.41, 5.74) is 0. The van der Waals surface area contributed by atoms with E-state index in [1.165, 1.54) is 25.7 Å². The average Bonchev–Trinajstić information content (AvgIpc) is 2.43. The summed E-state index contributed by atoms with van der Waals surface area (Å²) in [7, 11) is 0. The molecule has 1 saturated carbocycles. The van der Waals surface area contributed by atoms with Crippen LogP contribution in [0.1, 0.15) is 46.5 Å². The molecule has 0 bridgehead atoms. The molecule has 86 valence electrons. The molecule has 15 heavy (non-hydrogen) atoms. The van der Waals surface area contributed by atoms with E-state index in [1.807, 2.05) is 6.92 Å². The van der Waals surface area contributed by atoms with Crippen LogP contribution >= 0.6 is 0 Å². The van der Waals surface area contributed by atoms with Crippen molar-refractivity contribution in [2.45, 2.75) is 64.7 Å². The first-order chi connectivity index (χ1) is 7.11. The van der Waals surface area contributed by atoms with E-state index in [2.05, 4.69) is 24.1 Å². The number of nitrogens with one attached hydrogen (secondary N) is 1. The van der Waals surface area contributed by atoms with E-state index in [9.17, 15) is 4.79 Å². The average molecular weight is 210 g/mol. The van der Waals surface area contributed by atoms with Crippen LogP contribution in [0.2, 0.25) is 0 Å². The van der Waals surface area contributed by atoms with Gasteiger partial charge in [-0.3, -0.25) is 10.1 Å². The molecule has 2 fully saturated rings. The van der Waals surface area contributed by atoms with Crippen molar-refractivity contribution >= 4 is 5.91 Å². The summed E-state index contributed by atoms with van der Waals surface area (Å²) in [6.07, 6.45) is 5.29. The van der Waals surface area contributed by atoms with Gasteiger partial charge in [-0.1, -0.05) is 19.8 Å². The first-order valence-electron chi connectivity index (χ1n) is 6.19. The van der Waals surface area contributed by atoms with E-state index in [4.69, 9.17) is 0 Å². The number of carbonyl (C=O) groups excluding carboxylic acids is 1. The Morgan fingerprint density at radius 3 is 2.40 bits per heavy atom. The molecule has 1 amide bonds. The second-order valence-electron chi connectivity index (χ2n) is 5.14. The van der Waals surface area contributed by atoms with Gasteiger partial charge in [0.1, 0.15) is 0 Å². The second-order valence-corrected chi connectivity index (χ2v) is 5.14. The molecular weight excluding hydrogens is 188 g/mol. The van der Waals surface area contributed by atoms with Gasteiger partial charge in [0.15, 0.2) is 0 Å². The van der Waals surface area contributed by atoms with E-state index in [0.717, 1.165) is 0 Å². The van der Waals surface area contributed by atoms with Gasteiger partial charge in [-0.05, 0) is 32.6 Å². The molecule has 0 aromatic rings. The third-order valence-corrected chi connectivity index (χ3v) is 3.96. The van der Waals surface area contributed by atoms with Crippen molar-refractivity contribution in [3.8, 4) is 0 Å². The van der Waals surface area contributed by atoms with Gasteiger partial charge in [0.2, 0.25) is 5.91 Å². The Morgan fingerprint density at radius 1 is 1.20 bits per heavy atom. The molecule has 3 nitrogen and oxygen atoms in total. The predicted molar refractivity (Wildman–Crippen MR) is 60.3 cm³/mol. The van der Waals surface area contributed by atoms with E-state index < -0.39 is 0 Å². The molecule has 0 aromatic heterocycles. The zero-order valence-electron chi connectivity index (χ0n) is 9.99. The molecule has 1 aliphatic carbocycles. The summed E-state index contributed by atoms with van der Waals surface area (Å²) in [6, 6.07) is 0.479. The molecule has 3 heteroatoms. The second kappa shape index (κ2) is 4.12. The molecule has 2 rings (SSSR count). The van der Waals surface area contributed by atoms with Crippen LogP contribution in [0.5, 0.6) is 0 Å². The van der Waals surface area contributed by atoms with Gasteiger partial charge < -0.3 is 4.90 Å². The van der Waals surface area contributed by atoms with Crippen molar-refractivity contribution < 1.29 is 4.79 Å². The van der Waals surface area contributed by atoms with E-state index in [-0.39, 0.29) is 12.2 Å². The summed E-state index contributed by atoms with van der Waals surface area (Å²) >= 11 is 0. The minimum atomic E-state index is 0.00845. The van der Waals surface area contributed by atoms with Crippen LogP contribution < -0.4 is 5.32 Å². The topological polar surface area (TPSA) is 32.3 Å². The van der Waals surface area contributed by atoms with Gasteiger partial charge in [-0.25, -0.2) is 0 Å². The number of carbonyl (C=O) groups is 1. The lowest BCUT2D eigenvalue weighted by Crippen LogP contribution is -2.47. The highest BCUT2D eigenvalue weighted by Gasteiger charge is 2.40. The molecule has 1 saturated heterocycles. The normalized spacial score (nSPS) is 42.3. The molecule has 1 heterocycles. The van der Waals surface area contributed by atoms with Crippen LogP contribution in [0.15, 0.2) is 0 Å². The zero-order chi connectivity index (χ0) is 11.0. The first kappa shape index (κ1) is 10.9. The molecule has 1 aliphatic heterocycles. The van der Waals surface area contributed by atoms with Gasteiger partial charge in [0.25, 0.3) is 0 Å². The minimum absolute atomic E-state index is 0.00845. The highest BCUT2D eigenvalue weighted by Crippen LogP contribution is 2.31. The number of hydrogen-bond acceptors (Lipinski definition) is 2. The first-order valence-corrected chi connectivity index (χ1v) is 6.19. The summed E-state index contributed by atoms with van der Waals surface area (Å²) in [5.74, 6) is 0.957. The van der Waals surface area contributed by atoms with Crippen LogP contribution in [0.25, 0.3) is 0 Å². The van der Waals surface area contributed by atoms with Crippen molar-refractivity contribution in [2.24, 2.45) is 5.92 Å². The Labute approximate surface area is 92.2 Å². The van der Waals surface area contributed by atoms with Crippen LogP contribution in [0.4, 0.5) is 0 Å². The largest absolute Gasteiger partial charge is 0.323 e. The highest BCUT2D eigenvalue weighted by atomic mass is 16.2. The fourth-order valence-corrected chi connectivity index (χ4v) is 3.09. The van der Waals surface area contributed by atoms with E-state index in [0.29, 0.717) is 17.9 Å². The van der Waals surface area contributed by atoms with Gasteiger partial charge in [-0.15, -0.1) is 0 Å². The van der Waals surface area contributed by atoms with Crippen molar-refractivity contribution in [1.82, 2.24) is 10.2 Å². The maximum atomic E-state index is 12.0. The van der Waals surface area contributed by atoms with Crippen molar-refractivity contribution in [2.75, 3.05) is 0 Å². The molecule has 2 aliphatic rings. The van der Waals surface area contributed by atoms with Crippen LogP contribution in [0.3, 0.4) is 0 Å². The van der Waals surface area contributed by atoms with Crippen molar-refractivity contribution in [1.29, 1.82) is 0 Å². The smallest absolute Gasteiger partial charge is 0.240 e. The lowest BCUT2D eigenvalue weighted by molar-refractivity contribution is -0.133. The lowest BCUT2D eigenvalue weighted by Gasteiger charge is -2.38. The number of rotatable bonds is 1. The Hall–Kier alpha value is -0.570. The molecule has 1 N–H and O–H groups in total. The summed E-state index contributed by atoms with van der Waals surface area (Å²) < 4.78 is 0. The van der Waals surface area contributed by atoms with Crippen molar-refractivity contribution in [3.63, 3.8) is 0 Å². The quantitative estimate of drug-likeness (QED) is 0.715. The van der Waals surface area contributed by atoms with Gasteiger partial charge in [0, 0.05) is 6.04 Å². The molecule has 0 radical (unpaired) electrons. The molecule has 0 aromatic carbocycles. The number of hydrogen-bond donors (Lipinski definition) is 1. The van der Waals surface area contributed by atoms with Crippen LogP contribution in [-0.4, -0.2) is 29.1 Å². The number of nitrogens with zero attached hydrogens (tertiary/aromatic N) is 1. The Kier molecular flexibility index (Phi) is 3.01. The van der Waals surface area contributed by atoms with E-state index >= 15 is 0 Å².